The number of aromatic amines is 1. The number of hydrogen-bond acceptors (Lipinski definition) is 4. The average molecular weight is 248 g/mol. The van der Waals surface area contributed by atoms with E-state index >= 15 is 0 Å². The van der Waals surface area contributed by atoms with Crippen LogP contribution in [0.1, 0.15) is 23.0 Å². The van der Waals surface area contributed by atoms with Gasteiger partial charge in [0.1, 0.15) is 11.5 Å². The van der Waals surface area contributed by atoms with E-state index in [0.717, 1.165) is 12.0 Å². The van der Waals surface area contributed by atoms with Crippen molar-refractivity contribution in [1.29, 1.82) is 0 Å². The highest BCUT2D eigenvalue weighted by molar-refractivity contribution is 6.02. The number of nitrogens with two attached hydrogens (primary N) is 1. The lowest BCUT2D eigenvalue weighted by Crippen LogP contribution is -2.14. The molecular weight excluding hydrogens is 232 g/mol. The van der Waals surface area contributed by atoms with Crippen LogP contribution in [-0.2, 0) is 13.0 Å². The summed E-state index contributed by atoms with van der Waals surface area (Å²) >= 11 is 0. The van der Waals surface area contributed by atoms with Crippen molar-refractivity contribution in [1.82, 2.24) is 19.7 Å². The van der Waals surface area contributed by atoms with Crippen LogP contribution in [0.15, 0.2) is 18.7 Å². The maximum Gasteiger partial charge on any atom is 0.276 e. The maximum atomic E-state index is 11.9. The highest BCUT2D eigenvalue weighted by atomic mass is 16.2. The molecule has 0 saturated heterocycles. The van der Waals surface area contributed by atoms with Crippen molar-refractivity contribution in [2.24, 2.45) is 5.73 Å². The van der Waals surface area contributed by atoms with E-state index in [4.69, 9.17) is 5.73 Å². The lowest BCUT2D eigenvalue weighted by molar-refractivity contribution is 0.102. The smallest absolute Gasteiger partial charge is 0.276 e. The van der Waals surface area contributed by atoms with E-state index < -0.39 is 0 Å². The molecular formula is C11H16N6O. The Morgan fingerprint density at radius 3 is 3.17 bits per heavy atom. The molecule has 0 radical (unpaired) electrons. The van der Waals surface area contributed by atoms with Crippen LogP contribution in [-0.4, -0.2) is 32.2 Å². The molecule has 0 saturated carbocycles. The molecule has 0 aliphatic rings. The fourth-order valence-electron chi connectivity index (χ4n) is 1.61. The van der Waals surface area contributed by atoms with E-state index in [0.29, 0.717) is 24.6 Å². The largest absolute Gasteiger partial charge is 0.335 e. The standard InChI is InChI=1S/C11H16N6O/c1-2-8-5-14-16-10(8)15-11(18)9-6-17(4-3-12)7-13-9/h5-7H,2-4,12H2,1H3,(H2,14,15,16,18). The van der Waals surface area contributed by atoms with Crippen molar-refractivity contribution >= 4 is 11.7 Å². The van der Waals surface area contributed by atoms with Gasteiger partial charge < -0.3 is 15.6 Å². The van der Waals surface area contributed by atoms with Gasteiger partial charge in [-0.3, -0.25) is 9.89 Å². The Morgan fingerprint density at radius 2 is 2.44 bits per heavy atom. The molecule has 0 aromatic carbocycles. The maximum absolute atomic E-state index is 11.9. The summed E-state index contributed by atoms with van der Waals surface area (Å²) in [6, 6.07) is 0. The predicted octanol–water partition coefficient (Wildman–Crippen LogP) is 0.380. The molecule has 0 bridgehead atoms. The van der Waals surface area contributed by atoms with Gasteiger partial charge in [0, 0.05) is 24.8 Å². The van der Waals surface area contributed by atoms with E-state index in [9.17, 15) is 4.79 Å². The lowest BCUT2D eigenvalue weighted by atomic mass is 10.2. The van der Waals surface area contributed by atoms with Crippen LogP contribution in [0.3, 0.4) is 0 Å². The Balaban J connectivity index is 2.07. The first-order valence-electron chi connectivity index (χ1n) is 5.80. The van der Waals surface area contributed by atoms with Crippen molar-refractivity contribution in [3.63, 3.8) is 0 Å². The first-order chi connectivity index (χ1) is 8.74. The first kappa shape index (κ1) is 12.3. The Hall–Kier alpha value is -2.15. The zero-order chi connectivity index (χ0) is 13.0. The molecule has 2 heterocycles. The summed E-state index contributed by atoms with van der Waals surface area (Å²) in [5.74, 6) is 0.362. The number of carbonyl (C=O) groups is 1. The molecule has 0 aliphatic carbocycles. The van der Waals surface area contributed by atoms with Crippen LogP contribution in [0.4, 0.5) is 5.82 Å². The van der Waals surface area contributed by atoms with Crippen molar-refractivity contribution in [3.05, 3.63) is 30.0 Å². The van der Waals surface area contributed by atoms with Gasteiger partial charge in [-0.15, -0.1) is 0 Å². The number of aryl methyl sites for hydroxylation is 1. The molecule has 0 spiro atoms. The third-order valence-electron chi connectivity index (χ3n) is 2.59. The Labute approximate surface area is 104 Å². The predicted molar refractivity (Wildman–Crippen MR) is 67.2 cm³/mol. The summed E-state index contributed by atoms with van der Waals surface area (Å²) < 4.78 is 1.78. The average Bonchev–Trinajstić information content (AvgIpc) is 2.98. The number of rotatable bonds is 5. The molecule has 7 heteroatoms. The first-order valence-corrected chi connectivity index (χ1v) is 5.80. The molecule has 18 heavy (non-hydrogen) atoms. The summed E-state index contributed by atoms with van der Waals surface area (Å²) in [6.07, 6.45) is 5.76. The fraction of sp³-hybridized carbons (Fsp3) is 0.364. The Bertz CT molecular complexity index is 529. The van der Waals surface area contributed by atoms with E-state index in [1.165, 1.54) is 0 Å². The number of imidazole rings is 1. The van der Waals surface area contributed by atoms with Crippen molar-refractivity contribution in [3.8, 4) is 0 Å². The normalized spacial score (nSPS) is 10.6. The quantitative estimate of drug-likeness (QED) is 0.711. The van der Waals surface area contributed by atoms with Gasteiger partial charge in [0.25, 0.3) is 5.91 Å². The number of nitrogens with zero attached hydrogens (tertiary/aromatic N) is 3. The summed E-state index contributed by atoms with van der Waals surface area (Å²) in [5.41, 5.74) is 6.75. The lowest BCUT2D eigenvalue weighted by Gasteiger charge is -2.02. The third kappa shape index (κ3) is 2.57. The number of anilines is 1. The number of nitrogens with one attached hydrogen (secondary N) is 2. The third-order valence-corrected chi connectivity index (χ3v) is 2.59. The number of hydrogen-bond donors (Lipinski definition) is 3. The number of amides is 1. The monoisotopic (exact) mass is 248 g/mol. The molecule has 2 aromatic heterocycles. The van der Waals surface area contributed by atoms with E-state index in [-0.39, 0.29) is 5.91 Å². The van der Waals surface area contributed by atoms with Gasteiger partial charge in [-0.2, -0.15) is 5.10 Å². The fourth-order valence-corrected chi connectivity index (χ4v) is 1.61. The van der Waals surface area contributed by atoms with Crippen molar-refractivity contribution in [2.75, 3.05) is 11.9 Å². The number of H-pyrrole nitrogens is 1. The Kier molecular flexibility index (Phi) is 3.73. The van der Waals surface area contributed by atoms with Gasteiger partial charge in [0.05, 0.1) is 12.5 Å². The molecule has 0 unspecified atom stereocenters. The second-order valence-corrected chi connectivity index (χ2v) is 3.86. The molecule has 1 amide bonds. The second-order valence-electron chi connectivity index (χ2n) is 3.86. The van der Waals surface area contributed by atoms with Gasteiger partial charge in [0.15, 0.2) is 0 Å². The van der Waals surface area contributed by atoms with Crippen LogP contribution in [0, 0.1) is 0 Å². The molecule has 2 aromatic rings. The topological polar surface area (TPSA) is 102 Å². The molecule has 2 rings (SSSR count). The van der Waals surface area contributed by atoms with Gasteiger partial charge in [-0.1, -0.05) is 6.92 Å². The van der Waals surface area contributed by atoms with Crippen LogP contribution < -0.4 is 11.1 Å². The number of carbonyl (C=O) groups excluding carboxylic acids is 1. The van der Waals surface area contributed by atoms with Crippen LogP contribution >= 0.6 is 0 Å². The summed E-state index contributed by atoms with van der Waals surface area (Å²) in [5, 5.41) is 9.39. The summed E-state index contributed by atoms with van der Waals surface area (Å²) in [4.78, 5) is 16.0. The molecule has 4 N–H and O–H groups in total. The molecule has 0 atom stereocenters. The highest BCUT2D eigenvalue weighted by Crippen LogP contribution is 2.12. The van der Waals surface area contributed by atoms with Gasteiger partial charge in [0.2, 0.25) is 0 Å². The highest BCUT2D eigenvalue weighted by Gasteiger charge is 2.12. The van der Waals surface area contributed by atoms with E-state index in [1.807, 2.05) is 6.92 Å². The Morgan fingerprint density at radius 1 is 1.61 bits per heavy atom. The second kappa shape index (κ2) is 5.46. The molecule has 0 aliphatic heterocycles. The number of aromatic nitrogens is 4. The summed E-state index contributed by atoms with van der Waals surface area (Å²) in [7, 11) is 0. The zero-order valence-electron chi connectivity index (χ0n) is 10.2. The van der Waals surface area contributed by atoms with Crippen molar-refractivity contribution < 1.29 is 4.79 Å². The van der Waals surface area contributed by atoms with E-state index in [1.54, 1.807) is 23.3 Å². The minimum absolute atomic E-state index is 0.260. The van der Waals surface area contributed by atoms with Gasteiger partial charge in [-0.05, 0) is 6.42 Å². The zero-order valence-corrected chi connectivity index (χ0v) is 10.2. The minimum Gasteiger partial charge on any atom is -0.335 e. The molecule has 96 valence electrons. The molecule has 0 fully saturated rings. The van der Waals surface area contributed by atoms with Crippen LogP contribution in [0.5, 0.6) is 0 Å². The van der Waals surface area contributed by atoms with E-state index in [2.05, 4.69) is 20.5 Å². The minimum atomic E-state index is -0.260. The van der Waals surface area contributed by atoms with Crippen molar-refractivity contribution in [2.45, 2.75) is 19.9 Å². The molecule has 7 nitrogen and oxygen atoms in total. The SMILES string of the molecule is CCc1cn[nH]c1NC(=O)c1cn(CCN)cn1. The van der Waals surface area contributed by atoms with Gasteiger partial charge >= 0.3 is 0 Å². The van der Waals surface area contributed by atoms with Gasteiger partial charge in [-0.25, -0.2) is 4.98 Å². The summed E-state index contributed by atoms with van der Waals surface area (Å²) in [6.45, 7) is 3.15. The van der Waals surface area contributed by atoms with Crippen LogP contribution in [0.2, 0.25) is 0 Å². The van der Waals surface area contributed by atoms with Crippen LogP contribution in [0.25, 0.3) is 0 Å².